The van der Waals surface area contributed by atoms with E-state index in [4.69, 9.17) is 33.1 Å². The first-order chi connectivity index (χ1) is 13.0. The van der Waals surface area contributed by atoms with Crippen molar-refractivity contribution in [3.8, 4) is 6.07 Å². The number of allylic oxidation sites excluding steroid dienone is 1. The van der Waals surface area contributed by atoms with Gasteiger partial charge in [-0.25, -0.2) is 9.79 Å². The molecular formula is C17H26ClN7O2. The van der Waals surface area contributed by atoms with E-state index in [0.29, 0.717) is 6.54 Å². The van der Waals surface area contributed by atoms with Crippen LogP contribution < -0.4 is 11.5 Å². The second-order valence-corrected chi connectivity index (χ2v) is 7.40. The van der Waals surface area contributed by atoms with Crippen LogP contribution in [0.4, 0.5) is 4.79 Å². The summed E-state index contributed by atoms with van der Waals surface area (Å²) in [5, 5.41) is 8.67. The van der Waals surface area contributed by atoms with Gasteiger partial charge >= 0.3 is 6.03 Å². The lowest BCUT2D eigenvalue weighted by atomic mass is 10.0. The van der Waals surface area contributed by atoms with Gasteiger partial charge in [-0.15, -0.1) is 0 Å². The van der Waals surface area contributed by atoms with E-state index in [9.17, 15) is 4.79 Å². The topological polar surface area (TPSA) is 124 Å². The van der Waals surface area contributed by atoms with Gasteiger partial charge in [0.05, 0.1) is 6.04 Å². The fourth-order valence-corrected chi connectivity index (χ4v) is 4.07. The number of carbonyl (C=O) groups is 1. The molecule has 3 aliphatic heterocycles. The second-order valence-electron chi connectivity index (χ2n) is 7.04. The molecule has 0 bridgehead atoms. The molecule has 10 heteroatoms. The Bertz CT molecular complexity index is 669. The van der Waals surface area contributed by atoms with Crippen LogP contribution in [0.25, 0.3) is 0 Å². The number of hydrogen-bond acceptors (Lipinski definition) is 5. The molecule has 0 radical (unpaired) electrons. The molecule has 0 saturated carbocycles. The van der Waals surface area contributed by atoms with Gasteiger partial charge in [0.15, 0.2) is 11.1 Å². The molecule has 9 nitrogen and oxygen atoms in total. The summed E-state index contributed by atoms with van der Waals surface area (Å²) in [4.78, 5) is 22.8. The van der Waals surface area contributed by atoms with Crippen LogP contribution in [0.2, 0.25) is 0 Å². The van der Waals surface area contributed by atoms with Gasteiger partial charge in [0.25, 0.3) is 0 Å². The minimum Gasteiger partial charge on any atom is -0.388 e. The highest BCUT2D eigenvalue weighted by Gasteiger charge is 2.39. The van der Waals surface area contributed by atoms with E-state index in [1.807, 2.05) is 14.7 Å². The van der Waals surface area contributed by atoms with Crippen molar-refractivity contribution in [2.24, 2.45) is 16.5 Å². The number of carbonyl (C=O) groups excluding carboxylic acids is 1. The van der Waals surface area contributed by atoms with Crippen molar-refractivity contribution < 1.29 is 9.53 Å². The number of nitrogens with zero attached hydrogens (tertiary/aromatic N) is 5. The largest absolute Gasteiger partial charge is 0.388 e. The van der Waals surface area contributed by atoms with Crippen LogP contribution in [0, 0.1) is 11.3 Å². The molecule has 0 spiro atoms. The summed E-state index contributed by atoms with van der Waals surface area (Å²) in [6.07, 6.45) is 3.64. The molecule has 3 heterocycles. The molecule has 148 valence electrons. The number of nitrogens with two attached hydrogens (primary N) is 2. The molecule has 0 aromatic carbocycles. The van der Waals surface area contributed by atoms with Gasteiger partial charge in [-0.05, 0) is 25.7 Å². The number of guanidine groups is 1. The summed E-state index contributed by atoms with van der Waals surface area (Å²) in [6, 6.07) is 2.22. The number of aliphatic imine (C=N–C) groups is 1. The molecule has 2 amide bonds. The zero-order valence-corrected chi connectivity index (χ0v) is 16.1. The van der Waals surface area contributed by atoms with Gasteiger partial charge in [-0.3, -0.25) is 0 Å². The first-order valence-electron chi connectivity index (χ1n) is 9.30. The maximum absolute atomic E-state index is 12.9. The molecule has 0 aromatic heterocycles. The van der Waals surface area contributed by atoms with Crippen molar-refractivity contribution in [1.82, 2.24) is 14.7 Å². The average molecular weight is 396 g/mol. The highest BCUT2D eigenvalue weighted by molar-refractivity contribution is 6.30. The minimum absolute atomic E-state index is 0.0842. The lowest BCUT2D eigenvalue weighted by Gasteiger charge is -2.38. The lowest BCUT2D eigenvalue weighted by Crippen LogP contribution is -2.53. The third-order valence-electron chi connectivity index (χ3n) is 5.42. The Balaban J connectivity index is 1.64. The number of hydrogen-bond donors (Lipinski definition) is 2. The van der Waals surface area contributed by atoms with Gasteiger partial charge in [-0.1, -0.05) is 11.6 Å². The second kappa shape index (κ2) is 8.67. The number of nitriles is 1. The molecule has 3 aliphatic rings. The normalized spacial score (nSPS) is 26.2. The lowest BCUT2D eigenvalue weighted by molar-refractivity contribution is 0.0496. The Kier molecular flexibility index (Phi) is 6.29. The fourth-order valence-electron chi connectivity index (χ4n) is 3.94. The Hall–Kier alpha value is -2.18. The first-order valence-corrected chi connectivity index (χ1v) is 9.68. The molecule has 27 heavy (non-hydrogen) atoms. The highest BCUT2D eigenvalue weighted by atomic mass is 35.5. The molecule has 0 aromatic rings. The van der Waals surface area contributed by atoms with E-state index in [1.54, 1.807) is 6.07 Å². The van der Waals surface area contributed by atoms with Gasteiger partial charge < -0.3 is 30.9 Å². The molecule has 3 rings (SSSR count). The predicted molar refractivity (Wildman–Crippen MR) is 102 cm³/mol. The quantitative estimate of drug-likeness (QED) is 0.311. The fraction of sp³-hybridized carbons (Fsp3) is 0.706. The summed E-state index contributed by atoms with van der Waals surface area (Å²) in [5.41, 5.74) is 11.3. The van der Waals surface area contributed by atoms with Crippen molar-refractivity contribution in [1.29, 1.82) is 5.26 Å². The van der Waals surface area contributed by atoms with Crippen molar-refractivity contribution >= 4 is 23.6 Å². The van der Waals surface area contributed by atoms with Crippen molar-refractivity contribution in [2.45, 2.75) is 37.8 Å². The van der Waals surface area contributed by atoms with E-state index in [1.165, 1.54) is 0 Å². The number of amides is 2. The van der Waals surface area contributed by atoms with Crippen LogP contribution in [0.15, 0.2) is 15.8 Å². The molecule has 0 aliphatic carbocycles. The SMILES string of the molecule is N#C/C(N)=C(Cl)/N=C(\N)N1CCCC(N2CCN(C3CCOCC3)C2=O)C1. The van der Waals surface area contributed by atoms with Crippen LogP contribution in [-0.2, 0) is 4.74 Å². The number of rotatable bonds is 3. The summed E-state index contributed by atoms with van der Waals surface area (Å²) in [6.45, 7) is 4.26. The van der Waals surface area contributed by atoms with Crippen LogP contribution in [0.3, 0.4) is 0 Å². The van der Waals surface area contributed by atoms with Crippen molar-refractivity contribution in [3.05, 3.63) is 10.9 Å². The number of halogens is 1. The zero-order chi connectivity index (χ0) is 19.4. The van der Waals surface area contributed by atoms with E-state index in [-0.39, 0.29) is 34.9 Å². The summed E-state index contributed by atoms with van der Waals surface area (Å²) in [5.74, 6) is 0.218. The Morgan fingerprint density at radius 1 is 1.15 bits per heavy atom. The third kappa shape index (κ3) is 4.39. The first kappa shape index (κ1) is 19.6. The van der Waals surface area contributed by atoms with E-state index in [0.717, 1.165) is 58.5 Å². The Morgan fingerprint density at radius 2 is 1.81 bits per heavy atom. The summed E-state index contributed by atoms with van der Waals surface area (Å²) < 4.78 is 5.41. The predicted octanol–water partition coefficient (Wildman–Crippen LogP) is 0.572. The van der Waals surface area contributed by atoms with E-state index < -0.39 is 0 Å². The maximum atomic E-state index is 12.9. The van der Waals surface area contributed by atoms with Crippen molar-refractivity contribution in [3.63, 3.8) is 0 Å². The van der Waals surface area contributed by atoms with Gasteiger partial charge in [0, 0.05) is 45.4 Å². The van der Waals surface area contributed by atoms with Gasteiger partial charge in [-0.2, -0.15) is 5.26 Å². The Labute approximate surface area is 164 Å². The summed E-state index contributed by atoms with van der Waals surface area (Å²) >= 11 is 5.89. The van der Waals surface area contributed by atoms with Crippen molar-refractivity contribution in [2.75, 3.05) is 39.4 Å². The smallest absolute Gasteiger partial charge is 0.320 e. The molecule has 1 unspecified atom stereocenters. The van der Waals surface area contributed by atoms with E-state index >= 15 is 0 Å². The number of urea groups is 1. The van der Waals surface area contributed by atoms with Crippen LogP contribution in [0.1, 0.15) is 25.7 Å². The van der Waals surface area contributed by atoms with Crippen LogP contribution in [-0.4, -0.2) is 78.2 Å². The van der Waals surface area contributed by atoms with Gasteiger partial charge in [0.2, 0.25) is 0 Å². The number of likely N-dealkylation sites (tertiary alicyclic amines) is 1. The molecule has 4 N–H and O–H groups in total. The molecular weight excluding hydrogens is 370 g/mol. The van der Waals surface area contributed by atoms with E-state index in [2.05, 4.69) is 4.99 Å². The molecule has 3 saturated heterocycles. The van der Waals surface area contributed by atoms with Gasteiger partial charge in [0.1, 0.15) is 11.8 Å². The molecule has 3 fully saturated rings. The minimum atomic E-state index is -0.171. The number of ether oxygens (including phenoxy) is 1. The zero-order valence-electron chi connectivity index (χ0n) is 15.3. The average Bonchev–Trinajstić information content (AvgIpc) is 3.09. The Morgan fingerprint density at radius 3 is 2.48 bits per heavy atom. The van der Waals surface area contributed by atoms with Crippen LogP contribution >= 0.6 is 11.6 Å². The summed E-state index contributed by atoms with van der Waals surface area (Å²) in [7, 11) is 0. The third-order valence-corrected chi connectivity index (χ3v) is 5.71. The van der Waals surface area contributed by atoms with Crippen LogP contribution in [0.5, 0.6) is 0 Å². The highest BCUT2D eigenvalue weighted by Crippen LogP contribution is 2.25. The molecule has 1 atom stereocenters. The number of piperidine rings is 1. The maximum Gasteiger partial charge on any atom is 0.320 e. The standard InChI is InChI=1S/C17H26ClN7O2/c18-15(14(20)10-19)22-16(21)23-5-1-2-13(11-23)25-7-6-24(17(25)26)12-3-8-27-9-4-12/h12-13H,1-9,11,20H2,(H2,21,22)/b15-14-. The monoisotopic (exact) mass is 395 g/mol.